The highest BCUT2D eigenvalue weighted by Gasteiger charge is 2.18. The molecule has 1 aliphatic heterocycles. The number of rotatable bonds is 5. The van der Waals surface area contributed by atoms with Crippen molar-refractivity contribution in [2.75, 3.05) is 29.9 Å². The number of anilines is 2. The van der Waals surface area contributed by atoms with Crippen molar-refractivity contribution in [3.8, 4) is 5.75 Å². The number of piperidine rings is 1. The standard InChI is InChI=1S/C24H25Cl2N3O2/c1-15-7-9-29(10-8-15)23-11-16(2)19-13-18(4-5-21(19)28-23)27-24(30)14-31-22-6-3-17(25)12-20(22)26/h3-6,11-13,15H,7-10,14H2,1-2H3,(H,27,30). The zero-order valence-electron chi connectivity index (χ0n) is 17.6. The molecule has 7 heteroatoms. The predicted octanol–water partition coefficient (Wildman–Crippen LogP) is 6.10. The number of aromatic nitrogens is 1. The van der Waals surface area contributed by atoms with Crippen molar-refractivity contribution in [2.24, 2.45) is 5.92 Å². The van der Waals surface area contributed by atoms with Crippen LogP contribution in [-0.4, -0.2) is 30.6 Å². The van der Waals surface area contributed by atoms with Crippen LogP contribution in [0.15, 0.2) is 42.5 Å². The van der Waals surface area contributed by atoms with Gasteiger partial charge in [0.05, 0.1) is 10.5 Å². The number of benzene rings is 2. The lowest BCUT2D eigenvalue weighted by molar-refractivity contribution is -0.118. The summed E-state index contributed by atoms with van der Waals surface area (Å²) in [5, 5.41) is 4.78. The lowest BCUT2D eigenvalue weighted by atomic mass is 9.99. The molecule has 0 atom stereocenters. The van der Waals surface area contributed by atoms with Gasteiger partial charge in [0, 0.05) is 29.2 Å². The smallest absolute Gasteiger partial charge is 0.262 e. The van der Waals surface area contributed by atoms with Gasteiger partial charge in [0.15, 0.2) is 6.61 Å². The van der Waals surface area contributed by atoms with Crippen molar-refractivity contribution < 1.29 is 9.53 Å². The molecule has 1 amide bonds. The van der Waals surface area contributed by atoms with Crippen LogP contribution < -0.4 is 15.0 Å². The Morgan fingerprint density at radius 2 is 1.94 bits per heavy atom. The first-order valence-electron chi connectivity index (χ1n) is 10.4. The van der Waals surface area contributed by atoms with Gasteiger partial charge < -0.3 is 15.0 Å². The minimum atomic E-state index is -0.268. The number of halogens is 2. The quantitative estimate of drug-likeness (QED) is 0.502. The van der Waals surface area contributed by atoms with E-state index in [2.05, 4.69) is 30.1 Å². The number of hydrogen-bond acceptors (Lipinski definition) is 4. The van der Waals surface area contributed by atoms with Gasteiger partial charge in [-0.1, -0.05) is 30.1 Å². The van der Waals surface area contributed by atoms with Gasteiger partial charge in [0.25, 0.3) is 5.91 Å². The molecule has 0 saturated carbocycles. The maximum atomic E-state index is 12.3. The molecule has 0 unspecified atom stereocenters. The highest BCUT2D eigenvalue weighted by Crippen LogP contribution is 2.29. The normalized spacial score (nSPS) is 14.6. The molecule has 0 bridgehead atoms. The van der Waals surface area contributed by atoms with Crippen LogP contribution in [0.1, 0.15) is 25.3 Å². The fraction of sp³-hybridized carbons (Fsp3) is 0.333. The van der Waals surface area contributed by atoms with Gasteiger partial charge in [-0.3, -0.25) is 4.79 Å². The number of carbonyl (C=O) groups is 1. The van der Waals surface area contributed by atoms with Gasteiger partial charge >= 0.3 is 0 Å². The molecule has 1 fully saturated rings. The molecule has 31 heavy (non-hydrogen) atoms. The Hall–Kier alpha value is -2.50. The molecular formula is C24H25Cl2N3O2. The van der Waals surface area contributed by atoms with Gasteiger partial charge in [-0.05, 0) is 73.7 Å². The molecule has 0 radical (unpaired) electrons. The lowest BCUT2D eigenvalue weighted by Crippen LogP contribution is -2.33. The zero-order valence-corrected chi connectivity index (χ0v) is 19.1. The summed E-state index contributed by atoms with van der Waals surface area (Å²) in [5.41, 5.74) is 2.77. The number of ether oxygens (including phenoxy) is 1. The summed E-state index contributed by atoms with van der Waals surface area (Å²) >= 11 is 12.0. The SMILES string of the molecule is Cc1cc(N2CCC(C)CC2)nc2ccc(NC(=O)COc3ccc(Cl)cc3Cl)cc12. The second kappa shape index (κ2) is 9.33. The monoisotopic (exact) mass is 457 g/mol. The first-order valence-corrected chi connectivity index (χ1v) is 11.2. The number of nitrogens with zero attached hydrogens (tertiary/aromatic N) is 2. The van der Waals surface area contributed by atoms with E-state index in [0.29, 0.717) is 21.5 Å². The molecule has 1 aromatic heterocycles. The van der Waals surface area contributed by atoms with E-state index < -0.39 is 0 Å². The van der Waals surface area contributed by atoms with Crippen molar-refractivity contribution in [2.45, 2.75) is 26.7 Å². The Labute approximate surface area is 192 Å². The van der Waals surface area contributed by atoms with E-state index in [0.717, 1.165) is 41.3 Å². The molecule has 5 nitrogen and oxygen atoms in total. The van der Waals surface area contributed by atoms with E-state index in [4.69, 9.17) is 32.9 Å². The topological polar surface area (TPSA) is 54.5 Å². The molecule has 4 rings (SSSR count). The van der Waals surface area contributed by atoms with Crippen LogP contribution >= 0.6 is 23.2 Å². The predicted molar refractivity (Wildman–Crippen MR) is 128 cm³/mol. The van der Waals surface area contributed by atoms with Crippen molar-refractivity contribution >= 4 is 51.5 Å². The first kappa shape index (κ1) is 21.7. The molecule has 3 aromatic rings. The van der Waals surface area contributed by atoms with Gasteiger partial charge in [0.2, 0.25) is 0 Å². The molecule has 2 aromatic carbocycles. The molecule has 0 spiro atoms. The van der Waals surface area contributed by atoms with Crippen LogP contribution in [0.4, 0.5) is 11.5 Å². The number of fused-ring (bicyclic) bond motifs is 1. The van der Waals surface area contributed by atoms with E-state index in [9.17, 15) is 4.79 Å². The zero-order chi connectivity index (χ0) is 22.0. The number of hydrogen-bond donors (Lipinski definition) is 1. The van der Waals surface area contributed by atoms with Crippen LogP contribution in [0, 0.1) is 12.8 Å². The molecule has 2 heterocycles. The molecule has 1 N–H and O–H groups in total. The van der Waals surface area contributed by atoms with Crippen LogP contribution in [0.25, 0.3) is 10.9 Å². The first-order chi connectivity index (χ1) is 14.9. The van der Waals surface area contributed by atoms with E-state index in [1.165, 1.54) is 12.8 Å². The highest BCUT2D eigenvalue weighted by molar-refractivity contribution is 6.35. The number of amides is 1. The maximum absolute atomic E-state index is 12.3. The molecule has 0 aliphatic carbocycles. The second-order valence-corrected chi connectivity index (χ2v) is 8.95. The van der Waals surface area contributed by atoms with Crippen LogP contribution in [0.2, 0.25) is 10.0 Å². The van der Waals surface area contributed by atoms with Gasteiger partial charge in [-0.25, -0.2) is 4.98 Å². The van der Waals surface area contributed by atoms with Crippen LogP contribution in [-0.2, 0) is 4.79 Å². The molecule has 162 valence electrons. The van der Waals surface area contributed by atoms with Crippen molar-refractivity contribution in [3.63, 3.8) is 0 Å². The summed E-state index contributed by atoms with van der Waals surface area (Å²) in [6, 6.07) is 12.8. The Bertz CT molecular complexity index is 1110. The Kier molecular flexibility index (Phi) is 6.54. The van der Waals surface area contributed by atoms with Gasteiger partial charge in [-0.2, -0.15) is 0 Å². The molecular weight excluding hydrogens is 433 g/mol. The third-order valence-electron chi connectivity index (χ3n) is 5.65. The van der Waals surface area contributed by atoms with Crippen molar-refractivity contribution in [3.05, 3.63) is 58.1 Å². The van der Waals surface area contributed by atoms with Gasteiger partial charge in [0.1, 0.15) is 11.6 Å². The maximum Gasteiger partial charge on any atom is 0.262 e. The molecule has 1 aliphatic rings. The van der Waals surface area contributed by atoms with Crippen LogP contribution in [0.3, 0.4) is 0 Å². The summed E-state index contributed by atoms with van der Waals surface area (Å²) < 4.78 is 5.51. The largest absolute Gasteiger partial charge is 0.482 e. The highest BCUT2D eigenvalue weighted by atomic mass is 35.5. The summed E-state index contributed by atoms with van der Waals surface area (Å²) in [5.74, 6) is 1.96. The Morgan fingerprint density at radius 1 is 1.16 bits per heavy atom. The average Bonchev–Trinajstić information content (AvgIpc) is 2.74. The average molecular weight is 458 g/mol. The second-order valence-electron chi connectivity index (χ2n) is 8.11. The third kappa shape index (κ3) is 5.23. The Morgan fingerprint density at radius 3 is 2.68 bits per heavy atom. The van der Waals surface area contributed by atoms with E-state index in [1.807, 2.05) is 18.2 Å². The number of aryl methyl sites for hydroxylation is 1. The summed E-state index contributed by atoms with van der Waals surface area (Å²) in [7, 11) is 0. The number of pyridine rings is 1. The Balaban J connectivity index is 1.44. The minimum absolute atomic E-state index is 0.150. The van der Waals surface area contributed by atoms with E-state index in [-0.39, 0.29) is 12.5 Å². The summed E-state index contributed by atoms with van der Waals surface area (Å²) in [4.78, 5) is 19.6. The fourth-order valence-electron chi connectivity index (χ4n) is 3.79. The van der Waals surface area contributed by atoms with E-state index in [1.54, 1.807) is 18.2 Å². The third-order valence-corrected chi connectivity index (χ3v) is 6.18. The van der Waals surface area contributed by atoms with Crippen LogP contribution in [0.5, 0.6) is 5.75 Å². The molecule has 1 saturated heterocycles. The lowest BCUT2D eigenvalue weighted by Gasteiger charge is -2.31. The van der Waals surface area contributed by atoms with E-state index >= 15 is 0 Å². The minimum Gasteiger partial charge on any atom is -0.482 e. The van der Waals surface area contributed by atoms with Crippen molar-refractivity contribution in [1.29, 1.82) is 0 Å². The fourth-order valence-corrected chi connectivity index (χ4v) is 4.25. The number of nitrogens with one attached hydrogen (secondary N) is 1. The number of carbonyl (C=O) groups excluding carboxylic acids is 1. The van der Waals surface area contributed by atoms with Crippen molar-refractivity contribution in [1.82, 2.24) is 4.98 Å². The van der Waals surface area contributed by atoms with Gasteiger partial charge in [-0.15, -0.1) is 0 Å². The summed E-state index contributed by atoms with van der Waals surface area (Å²) in [6.45, 7) is 6.33. The summed E-state index contributed by atoms with van der Waals surface area (Å²) in [6.07, 6.45) is 2.40.